The number of carbonyl (C=O) groups is 2. The third kappa shape index (κ3) is 6.10. The highest BCUT2D eigenvalue weighted by Gasteiger charge is 2.32. The van der Waals surface area contributed by atoms with E-state index >= 15 is 0 Å². The molecule has 11 heteroatoms. The van der Waals surface area contributed by atoms with Crippen molar-refractivity contribution in [2.24, 2.45) is 0 Å². The van der Waals surface area contributed by atoms with Crippen molar-refractivity contribution in [1.82, 2.24) is 34.7 Å². The number of imidazole rings is 1. The zero-order valence-electron chi connectivity index (χ0n) is 26.1. The van der Waals surface area contributed by atoms with E-state index in [-0.39, 0.29) is 29.3 Å². The van der Waals surface area contributed by atoms with Gasteiger partial charge in [-0.25, -0.2) is 9.50 Å². The SMILES string of the molecule is CN1CCN(C)C(c2ccc(Nc3nc(N4CCC[C@H](NC(=O)c5ccc(C(C)(C)C)cc5)C4)nn4ccnc34)cc2)C1=O. The first kappa shape index (κ1) is 29.6. The first-order valence-corrected chi connectivity index (χ1v) is 15.3. The number of aromatic nitrogens is 4. The van der Waals surface area contributed by atoms with E-state index in [1.54, 1.807) is 21.8 Å². The van der Waals surface area contributed by atoms with Crippen molar-refractivity contribution >= 4 is 34.9 Å². The van der Waals surface area contributed by atoms with Crippen LogP contribution in [0.1, 0.15) is 61.1 Å². The Kier molecular flexibility index (Phi) is 7.98. The molecule has 0 aliphatic carbocycles. The number of anilines is 3. The molecule has 2 aromatic heterocycles. The fourth-order valence-corrected chi connectivity index (χ4v) is 5.93. The average molecular weight is 596 g/mol. The van der Waals surface area contributed by atoms with Crippen LogP contribution in [0.15, 0.2) is 60.9 Å². The first-order valence-electron chi connectivity index (χ1n) is 15.3. The number of piperidine rings is 1. The summed E-state index contributed by atoms with van der Waals surface area (Å²) in [5.41, 5.74) is 4.30. The van der Waals surface area contributed by atoms with Crippen LogP contribution in [0.4, 0.5) is 17.5 Å². The topological polar surface area (TPSA) is 111 Å². The number of hydrogen-bond acceptors (Lipinski definition) is 8. The van der Waals surface area contributed by atoms with Gasteiger partial charge < -0.3 is 20.4 Å². The van der Waals surface area contributed by atoms with Gasteiger partial charge in [-0.05, 0) is 60.7 Å². The van der Waals surface area contributed by atoms with Gasteiger partial charge in [0.2, 0.25) is 11.9 Å². The molecule has 2 N–H and O–H groups in total. The fraction of sp³-hybridized carbons (Fsp3) is 0.424. The highest BCUT2D eigenvalue weighted by Crippen LogP contribution is 2.28. The second-order valence-corrected chi connectivity index (χ2v) is 12.9. The number of amides is 2. The monoisotopic (exact) mass is 595 g/mol. The van der Waals surface area contributed by atoms with Crippen molar-refractivity contribution in [3.8, 4) is 0 Å². The van der Waals surface area contributed by atoms with Crippen molar-refractivity contribution in [2.45, 2.75) is 51.1 Å². The van der Waals surface area contributed by atoms with Crippen LogP contribution in [0.5, 0.6) is 0 Å². The molecular weight excluding hydrogens is 554 g/mol. The maximum absolute atomic E-state index is 13.1. The maximum atomic E-state index is 13.1. The van der Waals surface area contributed by atoms with Crippen LogP contribution in [0.25, 0.3) is 5.65 Å². The molecular formula is C33H41N9O2. The number of benzene rings is 2. The summed E-state index contributed by atoms with van der Waals surface area (Å²) >= 11 is 0. The van der Waals surface area contributed by atoms with E-state index in [2.05, 4.69) is 46.2 Å². The summed E-state index contributed by atoms with van der Waals surface area (Å²) in [6.45, 7) is 9.46. The minimum absolute atomic E-state index is 0.0238. The molecule has 4 heterocycles. The van der Waals surface area contributed by atoms with Gasteiger partial charge in [0.1, 0.15) is 6.04 Å². The molecule has 44 heavy (non-hydrogen) atoms. The number of fused-ring (bicyclic) bond motifs is 1. The van der Waals surface area contributed by atoms with Crippen molar-refractivity contribution in [2.75, 3.05) is 50.5 Å². The minimum Gasteiger partial charge on any atom is -0.348 e. The van der Waals surface area contributed by atoms with Crippen LogP contribution in [-0.4, -0.2) is 87.5 Å². The van der Waals surface area contributed by atoms with Gasteiger partial charge in [-0.15, -0.1) is 5.10 Å². The fourth-order valence-electron chi connectivity index (χ4n) is 5.93. The molecule has 2 aromatic carbocycles. The molecule has 2 aliphatic rings. The summed E-state index contributed by atoms with van der Waals surface area (Å²) < 4.78 is 1.73. The van der Waals surface area contributed by atoms with Crippen LogP contribution in [-0.2, 0) is 10.2 Å². The van der Waals surface area contributed by atoms with E-state index in [1.807, 2.05) is 62.6 Å². The normalized spacial score (nSPS) is 19.8. The van der Waals surface area contributed by atoms with Gasteiger partial charge in [-0.1, -0.05) is 45.0 Å². The van der Waals surface area contributed by atoms with E-state index in [0.29, 0.717) is 29.5 Å². The number of rotatable bonds is 6. The standard InChI is InChI=1S/C33H41N9O2/c1-33(2,3)24-12-8-23(9-13-24)30(43)36-26-7-6-17-41(21-26)32-37-28(29-34-16-18-42(29)38-32)35-25-14-10-22(11-15-25)27-31(44)40(5)20-19-39(27)4/h8-16,18,26-27H,6-7,17,19-21H2,1-5H3,(H,36,43)(H,35,37,38)/t26-,27?/m0/s1. The second kappa shape index (κ2) is 11.9. The third-order valence-corrected chi connectivity index (χ3v) is 8.62. The van der Waals surface area contributed by atoms with Crippen LogP contribution in [0, 0.1) is 0 Å². The lowest BCUT2D eigenvalue weighted by atomic mass is 9.86. The molecule has 2 amide bonds. The lowest BCUT2D eigenvalue weighted by Gasteiger charge is -2.37. The summed E-state index contributed by atoms with van der Waals surface area (Å²) in [5, 5.41) is 11.4. The third-order valence-electron chi connectivity index (χ3n) is 8.62. The molecule has 0 radical (unpaired) electrons. The molecule has 2 saturated heterocycles. The molecule has 4 aromatic rings. The number of hydrogen-bond donors (Lipinski definition) is 2. The van der Waals surface area contributed by atoms with E-state index in [0.717, 1.165) is 43.7 Å². The quantitative estimate of drug-likeness (QED) is 0.344. The minimum atomic E-state index is -0.289. The zero-order valence-corrected chi connectivity index (χ0v) is 26.1. The molecule has 2 aliphatic heterocycles. The highest BCUT2D eigenvalue weighted by atomic mass is 16.2. The van der Waals surface area contributed by atoms with E-state index < -0.39 is 0 Å². The molecule has 1 unspecified atom stereocenters. The Labute approximate surface area is 258 Å². The Morgan fingerprint density at radius 3 is 2.45 bits per heavy atom. The number of nitrogens with zero attached hydrogens (tertiary/aromatic N) is 7. The molecule has 0 saturated carbocycles. The number of piperazine rings is 1. The van der Waals surface area contributed by atoms with Gasteiger partial charge in [-0.3, -0.25) is 14.5 Å². The molecule has 0 bridgehead atoms. The van der Waals surface area contributed by atoms with Crippen LogP contribution in [0.3, 0.4) is 0 Å². The van der Waals surface area contributed by atoms with Crippen molar-refractivity contribution in [3.05, 3.63) is 77.6 Å². The number of likely N-dealkylation sites (N-methyl/N-ethyl adjacent to an activating group) is 2. The summed E-state index contributed by atoms with van der Waals surface area (Å²) in [4.78, 5) is 41.3. The van der Waals surface area contributed by atoms with Gasteiger partial charge in [-0.2, -0.15) is 4.98 Å². The predicted octanol–water partition coefficient (Wildman–Crippen LogP) is 4.01. The van der Waals surface area contributed by atoms with Crippen LogP contribution >= 0.6 is 0 Å². The van der Waals surface area contributed by atoms with Gasteiger partial charge in [0.25, 0.3) is 5.91 Å². The highest BCUT2D eigenvalue weighted by molar-refractivity contribution is 5.94. The van der Waals surface area contributed by atoms with Crippen molar-refractivity contribution in [3.63, 3.8) is 0 Å². The van der Waals surface area contributed by atoms with Crippen molar-refractivity contribution in [1.29, 1.82) is 0 Å². The Bertz CT molecular complexity index is 1640. The summed E-state index contributed by atoms with van der Waals surface area (Å²) in [7, 11) is 3.84. The average Bonchev–Trinajstić information content (AvgIpc) is 3.49. The smallest absolute Gasteiger partial charge is 0.251 e. The Hall–Kier alpha value is -4.51. The summed E-state index contributed by atoms with van der Waals surface area (Å²) in [6.07, 6.45) is 5.31. The van der Waals surface area contributed by atoms with E-state index in [9.17, 15) is 9.59 Å². The Morgan fingerprint density at radius 1 is 0.977 bits per heavy atom. The molecule has 0 spiro atoms. The van der Waals surface area contributed by atoms with Crippen molar-refractivity contribution < 1.29 is 9.59 Å². The molecule has 230 valence electrons. The number of carbonyl (C=O) groups excluding carboxylic acids is 2. The Balaban J connectivity index is 1.16. The Morgan fingerprint density at radius 2 is 1.73 bits per heavy atom. The molecule has 2 fully saturated rings. The first-order chi connectivity index (χ1) is 21.1. The largest absolute Gasteiger partial charge is 0.348 e. The summed E-state index contributed by atoms with van der Waals surface area (Å²) in [5.74, 6) is 1.19. The van der Waals surface area contributed by atoms with Gasteiger partial charge in [0.15, 0.2) is 11.5 Å². The summed E-state index contributed by atoms with van der Waals surface area (Å²) in [6, 6.07) is 15.5. The predicted molar refractivity (Wildman–Crippen MR) is 171 cm³/mol. The maximum Gasteiger partial charge on any atom is 0.251 e. The lowest BCUT2D eigenvalue weighted by molar-refractivity contribution is -0.139. The lowest BCUT2D eigenvalue weighted by Crippen LogP contribution is -2.48. The second-order valence-electron chi connectivity index (χ2n) is 12.9. The van der Waals surface area contributed by atoms with E-state index in [4.69, 9.17) is 10.1 Å². The van der Waals surface area contributed by atoms with Gasteiger partial charge in [0, 0.05) is 62.9 Å². The number of nitrogens with one attached hydrogen (secondary N) is 2. The van der Waals surface area contributed by atoms with Crippen LogP contribution in [0.2, 0.25) is 0 Å². The molecule has 6 rings (SSSR count). The van der Waals surface area contributed by atoms with Gasteiger partial charge >= 0.3 is 0 Å². The van der Waals surface area contributed by atoms with E-state index in [1.165, 1.54) is 5.56 Å². The molecule has 11 nitrogen and oxygen atoms in total. The molecule has 2 atom stereocenters. The van der Waals surface area contributed by atoms with Gasteiger partial charge in [0.05, 0.1) is 0 Å². The zero-order chi connectivity index (χ0) is 31.0. The van der Waals surface area contributed by atoms with Crippen LogP contribution < -0.4 is 15.5 Å².